The van der Waals surface area contributed by atoms with E-state index in [1.807, 2.05) is 6.92 Å². The van der Waals surface area contributed by atoms with Crippen LogP contribution in [0.1, 0.15) is 26.3 Å². The van der Waals surface area contributed by atoms with Gasteiger partial charge in [0.2, 0.25) is 6.29 Å². The van der Waals surface area contributed by atoms with Gasteiger partial charge in [-0.25, -0.2) is 8.42 Å². The molecule has 0 saturated carbocycles. The van der Waals surface area contributed by atoms with Crippen LogP contribution in [0.3, 0.4) is 0 Å². The van der Waals surface area contributed by atoms with Crippen LogP contribution in [0.4, 0.5) is 0 Å². The van der Waals surface area contributed by atoms with Crippen molar-refractivity contribution in [3.8, 4) is 0 Å². The molecule has 0 bridgehead atoms. The molecular weight excluding hydrogens is 419 g/mol. The van der Waals surface area contributed by atoms with Gasteiger partial charge in [-0.15, -0.1) is 0 Å². The third kappa shape index (κ3) is 3.92. The number of sulfone groups is 1. The molecule has 1 aromatic rings. The summed E-state index contributed by atoms with van der Waals surface area (Å²) >= 11 is 0. The number of fused-ring (bicyclic) bond motifs is 1. The van der Waals surface area contributed by atoms with Crippen LogP contribution in [0.25, 0.3) is 0 Å². The monoisotopic (exact) mass is 446 g/mol. The zero-order valence-corrected chi connectivity index (χ0v) is 18.6. The van der Waals surface area contributed by atoms with Crippen LogP contribution in [0, 0.1) is 12.8 Å². The van der Waals surface area contributed by atoms with Gasteiger partial charge in [0.05, 0.1) is 35.9 Å². The summed E-state index contributed by atoms with van der Waals surface area (Å²) in [6, 6.07) is 6.44. The van der Waals surface area contributed by atoms with Gasteiger partial charge in [0.15, 0.2) is 9.84 Å². The Kier molecular flexibility index (Phi) is 6.58. The normalized spacial score (nSPS) is 27.2. The second-order valence-electron chi connectivity index (χ2n) is 6.97. The molecule has 2 aliphatic rings. The van der Waals surface area contributed by atoms with Gasteiger partial charge in [-0.05, 0) is 39.8 Å². The highest BCUT2D eigenvalue weighted by Gasteiger charge is 2.61. The predicted octanol–water partition coefficient (Wildman–Crippen LogP) is 3.00. The van der Waals surface area contributed by atoms with Crippen molar-refractivity contribution < 1.29 is 36.6 Å². The van der Waals surface area contributed by atoms with E-state index in [0.717, 1.165) is 5.56 Å². The van der Waals surface area contributed by atoms with Crippen LogP contribution >= 0.6 is 7.60 Å². The van der Waals surface area contributed by atoms with E-state index < -0.39 is 47.6 Å². The molecule has 1 aromatic carbocycles. The highest BCUT2D eigenvalue weighted by atomic mass is 32.2. The van der Waals surface area contributed by atoms with Gasteiger partial charge in [-0.1, -0.05) is 17.7 Å². The van der Waals surface area contributed by atoms with E-state index in [1.165, 1.54) is 12.1 Å². The van der Waals surface area contributed by atoms with Gasteiger partial charge in [0.25, 0.3) is 0 Å². The van der Waals surface area contributed by atoms with E-state index in [2.05, 4.69) is 0 Å². The van der Waals surface area contributed by atoms with E-state index in [4.69, 9.17) is 18.5 Å². The summed E-state index contributed by atoms with van der Waals surface area (Å²) in [5.74, 6) is -0.645. The molecule has 2 aliphatic heterocycles. The summed E-state index contributed by atoms with van der Waals surface area (Å²) < 4.78 is 62.9. The second-order valence-corrected chi connectivity index (χ2v) is 11.1. The number of aryl methyl sites for hydroxylation is 1. The Labute approximate surface area is 171 Å². The molecule has 3 rings (SSSR count). The molecule has 0 aromatic heterocycles. The Morgan fingerprint density at radius 1 is 1.10 bits per heavy atom. The Morgan fingerprint density at radius 2 is 1.69 bits per heavy atom. The molecular formula is C19H27O8PS. The minimum absolute atomic E-state index is 0.0994. The van der Waals surface area contributed by atoms with Crippen LogP contribution in [-0.4, -0.2) is 51.0 Å². The highest BCUT2D eigenvalue weighted by Crippen LogP contribution is 2.65. The van der Waals surface area contributed by atoms with Crippen molar-refractivity contribution in [2.24, 2.45) is 5.92 Å². The molecule has 2 heterocycles. The topological polar surface area (TPSA) is 108 Å². The smallest absolute Gasteiger partial charge is 0.361 e. The Morgan fingerprint density at radius 3 is 2.21 bits per heavy atom. The summed E-state index contributed by atoms with van der Waals surface area (Å²) in [5, 5.41) is 8.79. The van der Waals surface area contributed by atoms with Crippen LogP contribution in [0.2, 0.25) is 0 Å². The molecule has 1 N–H and O–H groups in total. The first-order valence-corrected chi connectivity index (χ1v) is 12.6. The van der Waals surface area contributed by atoms with Gasteiger partial charge >= 0.3 is 7.60 Å². The largest absolute Gasteiger partial charge is 0.468 e. The maximum atomic E-state index is 13.5. The minimum Gasteiger partial charge on any atom is -0.468 e. The number of benzene rings is 1. The van der Waals surface area contributed by atoms with Crippen LogP contribution < -0.4 is 0 Å². The van der Waals surface area contributed by atoms with E-state index in [9.17, 15) is 18.1 Å². The summed E-state index contributed by atoms with van der Waals surface area (Å²) in [6.07, 6.45) is -2.02. The fraction of sp³-hybridized carbons (Fsp3) is 0.579. The van der Waals surface area contributed by atoms with E-state index in [1.54, 1.807) is 32.9 Å². The SMILES string of the molecule is CCOP(=O)(OCC)C1=C(C)O[C@@H]2O[C@H](CO)[C@@H](S(=O)(=O)c3ccc(C)cc3)[C@H]12. The summed E-state index contributed by atoms with van der Waals surface area (Å²) in [5.41, 5.74) is 0.918. The number of ether oxygens (including phenoxy) is 2. The van der Waals surface area contributed by atoms with Gasteiger partial charge in [0, 0.05) is 0 Å². The fourth-order valence-corrected chi connectivity index (χ4v) is 8.14. The number of hydrogen-bond acceptors (Lipinski definition) is 8. The van der Waals surface area contributed by atoms with Crippen LogP contribution in [-0.2, 0) is 32.9 Å². The summed E-state index contributed by atoms with van der Waals surface area (Å²) in [4.78, 5) is 0.0994. The molecule has 0 unspecified atom stereocenters. The maximum absolute atomic E-state index is 13.5. The first kappa shape index (κ1) is 22.5. The van der Waals surface area contributed by atoms with Crippen LogP contribution in [0.15, 0.2) is 40.2 Å². The van der Waals surface area contributed by atoms with Crippen molar-refractivity contribution >= 4 is 17.4 Å². The molecule has 0 spiro atoms. The van der Waals surface area contributed by atoms with E-state index >= 15 is 0 Å². The average molecular weight is 446 g/mol. The standard InChI is InChI=1S/C19H27O8PS/c1-5-24-28(21,25-6-2)17-13(4)26-19-16(17)18(15(11-20)27-19)29(22,23)14-9-7-12(3)8-10-14/h7-10,15-16,18-20H,5-6,11H2,1-4H3/t15-,16+,18-,19-/m1/s1. The summed E-state index contributed by atoms with van der Waals surface area (Å²) in [7, 11) is -7.76. The van der Waals surface area contributed by atoms with Gasteiger partial charge in [-0.3, -0.25) is 4.57 Å². The minimum atomic E-state index is -3.95. The lowest BCUT2D eigenvalue weighted by atomic mass is 10.0. The Balaban J connectivity index is 2.11. The molecule has 1 fully saturated rings. The third-order valence-electron chi connectivity index (χ3n) is 5.07. The number of aliphatic hydroxyl groups excluding tert-OH is 1. The molecule has 0 aliphatic carbocycles. The van der Waals surface area contributed by atoms with Gasteiger partial charge in [0.1, 0.15) is 17.1 Å². The lowest BCUT2D eigenvalue weighted by molar-refractivity contribution is -0.114. The molecule has 8 nitrogen and oxygen atoms in total. The van der Waals surface area contributed by atoms with Crippen molar-refractivity contribution in [2.75, 3.05) is 19.8 Å². The first-order valence-electron chi connectivity index (χ1n) is 9.53. The molecule has 29 heavy (non-hydrogen) atoms. The molecule has 162 valence electrons. The molecule has 10 heteroatoms. The van der Waals surface area contributed by atoms with Crippen molar-refractivity contribution in [1.82, 2.24) is 0 Å². The summed E-state index contributed by atoms with van der Waals surface area (Å²) in [6.45, 7) is 6.51. The molecule has 4 atom stereocenters. The molecule has 0 amide bonds. The van der Waals surface area contributed by atoms with Gasteiger partial charge < -0.3 is 23.6 Å². The lowest BCUT2D eigenvalue weighted by Crippen LogP contribution is -2.38. The quantitative estimate of drug-likeness (QED) is 0.607. The van der Waals surface area contributed by atoms with Crippen molar-refractivity contribution in [1.29, 1.82) is 0 Å². The predicted molar refractivity (Wildman–Crippen MR) is 106 cm³/mol. The zero-order valence-electron chi connectivity index (χ0n) is 16.9. The number of aliphatic hydroxyl groups is 1. The lowest BCUT2D eigenvalue weighted by Gasteiger charge is -2.26. The average Bonchev–Trinajstić information content (AvgIpc) is 3.16. The number of allylic oxidation sites excluding steroid dienone is 1. The highest BCUT2D eigenvalue weighted by molar-refractivity contribution is 7.92. The first-order chi connectivity index (χ1) is 13.7. The van der Waals surface area contributed by atoms with E-state index in [-0.39, 0.29) is 29.2 Å². The van der Waals surface area contributed by atoms with Crippen molar-refractivity contribution in [2.45, 2.75) is 50.2 Å². The van der Waals surface area contributed by atoms with Gasteiger partial charge in [-0.2, -0.15) is 0 Å². The molecule has 1 saturated heterocycles. The van der Waals surface area contributed by atoms with Crippen LogP contribution in [0.5, 0.6) is 0 Å². The maximum Gasteiger partial charge on any atom is 0.361 e. The van der Waals surface area contributed by atoms with E-state index in [0.29, 0.717) is 0 Å². The second kappa shape index (κ2) is 8.49. The van der Waals surface area contributed by atoms with Crippen molar-refractivity contribution in [3.05, 3.63) is 40.9 Å². The fourth-order valence-electron chi connectivity index (χ4n) is 3.89. The Bertz CT molecular complexity index is 914. The Hall–Kier alpha value is -1.22. The molecule has 0 radical (unpaired) electrons. The number of rotatable bonds is 8. The third-order valence-corrected chi connectivity index (χ3v) is 9.71. The number of hydrogen-bond donors (Lipinski definition) is 1. The zero-order chi connectivity index (χ0) is 21.4. The van der Waals surface area contributed by atoms with Crippen molar-refractivity contribution in [3.63, 3.8) is 0 Å².